The van der Waals surface area contributed by atoms with Crippen LogP contribution in [0.5, 0.6) is 0 Å². The average molecular weight is 342 g/mol. The average Bonchev–Trinajstić information content (AvgIpc) is 1.63. The van der Waals surface area contributed by atoms with Crippen LogP contribution in [0.4, 0.5) is 0 Å². The van der Waals surface area contributed by atoms with E-state index in [-0.39, 0.29) is 28.5 Å². The molecule has 6 heteroatoms. The summed E-state index contributed by atoms with van der Waals surface area (Å²) in [6, 6.07) is 0. The van der Waals surface area contributed by atoms with Crippen molar-refractivity contribution in [3.63, 3.8) is 0 Å². The summed E-state index contributed by atoms with van der Waals surface area (Å²) >= 11 is 0. The first-order valence-electron chi connectivity index (χ1n) is 2.20. The van der Waals surface area contributed by atoms with Crippen molar-refractivity contribution >= 4 is 11.9 Å². The van der Waals surface area contributed by atoms with Crippen molar-refractivity contribution in [2.45, 2.75) is 0 Å². The zero-order valence-corrected chi connectivity index (χ0v) is 8.16. The molecule has 0 unspecified atom stereocenters. The maximum atomic E-state index is 9.69. The summed E-state index contributed by atoms with van der Waals surface area (Å²) < 4.78 is 0. The van der Waals surface area contributed by atoms with Crippen molar-refractivity contribution in [3.05, 3.63) is 12.7 Å². The van der Waals surface area contributed by atoms with Crippen LogP contribution in [-0.4, -0.2) is 35.2 Å². The molecule has 0 amide bonds. The second kappa shape index (κ2) is 9.59. The Bertz CT molecular complexity index is 114. The Morgan fingerprint density at radius 1 is 1.09 bits per heavy atom. The minimum absolute atomic E-state index is 0. The van der Waals surface area contributed by atoms with Crippen molar-refractivity contribution < 1.29 is 40.9 Å². The van der Waals surface area contributed by atoms with Gasteiger partial charge in [0, 0.05) is 0 Å². The normalized spacial score (nSPS) is 7.27. The fourth-order valence-corrected chi connectivity index (χ4v) is 0.247. The Kier molecular flexibility index (Phi) is 14.7. The summed E-state index contributed by atoms with van der Waals surface area (Å²) in [5.74, 6) is -2.23. The predicted octanol–water partition coefficient (Wildman–Crippen LogP) is -0.0229. The molecule has 5 nitrogen and oxygen atoms in total. The van der Waals surface area contributed by atoms with Crippen LogP contribution < -0.4 is 0 Å². The SMILES string of the molecule is O=C(O)C[N-]CC(=O)O.[CH3-].[Pt+2]. The number of nitrogens with zero attached hydrogens (tertiary/aromatic N) is 1. The van der Waals surface area contributed by atoms with E-state index >= 15 is 0 Å². The third kappa shape index (κ3) is 17.7. The van der Waals surface area contributed by atoms with Gasteiger partial charge in [-0.15, -0.1) is 0 Å². The largest absolute Gasteiger partial charge is 2.00 e. The zero-order valence-electron chi connectivity index (χ0n) is 5.89. The molecule has 0 aromatic rings. The molecule has 0 heterocycles. The second-order valence-electron chi connectivity index (χ2n) is 1.33. The van der Waals surface area contributed by atoms with E-state index in [9.17, 15) is 9.59 Å². The van der Waals surface area contributed by atoms with Gasteiger partial charge in [-0.25, -0.2) is 0 Å². The molecule has 11 heavy (non-hydrogen) atoms. The molecule has 68 valence electrons. The fourth-order valence-electron chi connectivity index (χ4n) is 0.247. The van der Waals surface area contributed by atoms with Crippen molar-refractivity contribution in [1.82, 2.24) is 0 Å². The Balaban J connectivity index is -0.000000320. The molecule has 0 saturated carbocycles. The van der Waals surface area contributed by atoms with Crippen LogP contribution in [0.25, 0.3) is 5.32 Å². The van der Waals surface area contributed by atoms with E-state index in [1.807, 2.05) is 0 Å². The number of carbonyl (C=O) groups is 2. The molecule has 2 N–H and O–H groups in total. The third-order valence-electron chi connectivity index (χ3n) is 0.494. The quantitative estimate of drug-likeness (QED) is 0.703. The zero-order chi connectivity index (χ0) is 7.28. The third-order valence-corrected chi connectivity index (χ3v) is 0.494. The number of carboxylic acids is 2. The maximum Gasteiger partial charge on any atom is 2.00 e. The molecular formula is C5H9NO4Pt. The summed E-state index contributed by atoms with van der Waals surface area (Å²) in [4.78, 5) is 19.4. The van der Waals surface area contributed by atoms with Crippen molar-refractivity contribution in [2.24, 2.45) is 0 Å². The Morgan fingerprint density at radius 3 is 1.55 bits per heavy atom. The minimum atomic E-state index is -1.11. The number of hydrogen-bond acceptors (Lipinski definition) is 2. The molecule has 0 aromatic carbocycles. The van der Waals surface area contributed by atoms with Crippen LogP contribution in [-0.2, 0) is 30.7 Å². The summed E-state index contributed by atoms with van der Waals surface area (Å²) in [7, 11) is 0. The first kappa shape index (κ1) is 16.9. The van der Waals surface area contributed by atoms with E-state index in [0.717, 1.165) is 0 Å². The van der Waals surface area contributed by atoms with Crippen molar-refractivity contribution in [1.29, 1.82) is 0 Å². The maximum absolute atomic E-state index is 9.69. The molecule has 0 aliphatic heterocycles. The minimum Gasteiger partial charge on any atom is -0.644 e. The molecular weight excluding hydrogens is 333 g/mol. The standard InChI is InChI=1S/C4H6NO4.CH3.Pt/c6-3(7)1-5-2-4(8)9;;/h1-2H2,(H,6,7)(H,8,9);1H3;/q2*-1;+2. The molecule has 0 radical (unpaired) electrons. The van der Waals surface area contributed by atoms with Gasteiger partial charge in [0.1, 0.15) is 0 Å². The van der Waals surface area contributed by atoms with Gasteiger partial charge in [0.25, 0.3) is 11.9 Å². The van der Waals surface area contributed by atoms with Gasteiger partial charge >= 0.3 is 21.1 Å². The molecule has 0 atom stereocenters. The number of hydrogen-bond donors (Lipinski definition) is 2. The monoisotopic (exact) mass is 342 g/mol. The summed E-state index contributed by atoms with van der Waals surface area (Å²) in [6.07, 6.45) is 0. The van der Waals surface area contributed by atoms with E-state index < -0.39 is 25.0 Å². The predicted molar refractivity (Wildman–Crippen MR) is 34.8 cm³/mol. The van der Waals surface area contributed by atoms with E-state index in [1.165, 1.54) is 0 Å². The molecule has 0 bridgehead atoms. The number of aliphatic carboxylic acids is 2. The summed E-state index contributed by atoms with van der Waals surface area (Å²) in [5, 5.41) is 19.1. The number of rotatable bonds is 4. The molecule has 0 fully saturated rings. The second-order valence-corrected chi connectivity index (χ2v) is 1.33. The van der Waals surface area contributed by atoms with E-state index in [4.69, 9.17) is 10.2 Å². The molecule has 0 aliphatic carbocycles. The van der Waals surface area contributed by atoms with E-state index in [1.54, 1.807) is 0 Å². The molecule has 0 rings (SSSR count). The van der Waals surface area contributed by atoms with E-state index in [0.29, 0.717) is 0 Å². The van der Waals surface area contributed by atoms with Gasteiger partial charge in [-0.2, -0.15) is 0 Å². The van der Waals surface area contributed by atoms with Gasteiger partial charge in [0.15, 0.2) is 0 Å². The number of carboxylic acid groups (broad SMARTS) is 2. The van der Waals surface area contributed by atoms with Crippen LogP contribution in [0.2, 0.25) is 0 Å². The summed E-state index contributed by atoms with van der Waals surface area (Å²) in [6.45, 7) is -0.876. The molecule has 0 aliphatic rings. The Hall–Kier alpha value is -0.412. The van der Waals surface area contributed by atoms with Gasteiger partial charge < -0.3 is 23.0 Å². The smallest absolute Gasteiger partial charge is 0.644 e. The molecule has 0 spiro atoms. The van der Waals surface area contributed by atoms with E-state index in [2.05, 4.69) is 5.32 Å². The van der Waals surface area contributed by atoms with Crippen LogP contribution in [0.15, 0.2) is 0 Å². The van der Waals surface area contributed by atoms with Gasteiger partial charge in [-0.1, -0.05) is 0 Å². The topological polar surface area (TPSA) is 88.7 Å². The van der Waals surface area contributed by atoms with Crippen LogP contribution in [0, 0.1) is 7.43 Å². The van der Waals surface area contributed by atoms with Gasteiger partial charge in [0.2, 0.25) is 0 Å². The summed E-state index contributed by atoms with van der Waals surface area (Å²) in [5.41, 5.74) is 0. The fraction of sp³-hybridized carbons (Fsp3) is 0.400. The Labute approximate surface area is 79.1 Å². The van der Waals surface area contributed by atoms with Gasteiger partial charge in [-0.3, -0.25) is 9.59 Å². The van der Waals surface area contributed by atoms with Gasteiger partial charge in [-0.05, 0) is 13.1 Å². The molecule has 0 saturated heterocycles. The van der Waals surface area contributed by atoms with Gasteiger partial charge in [0.05, 0.1) is 0 Å². The van der Waals surface area contributed by atoms with Crippen LogP contribution >= 0.6 is 0 Å². The first-order chi connectivity index (χ1) is 4.13. The van der Waals surface area contributed by atoms with Crippen LogP contribution in [0.3, 0.4) is 0 Å². The van der Waals surface area contributed by atoms with Crippen LogP contribution in [0.1, 0.15) is 0 Å². The van der Waals surface area contributed by atoms with Crippen molar-refractivity contribution in [3.8, 4) is 0 Å². The first-order valence-corrected chi connectivity index (χ1v) is 2.20. The molecule has 0 aromatic heterocycles. The Morgan fingerprint density at radius 2 is 1.36 bits per heavy atom. The van der Waals surface area contributed by atoms with Crippen molar-refractivity contribution in [2.75, 3.05) is 13.1 Å².